The first-order chi connectivity index (χ1) is 18.7. The molecule has 40 heavy (non-hydrogen) atoms. The van der Waals surface area contributed by atoms with Crippen LogP contribution >= 0.6 is 34.8 Å². The van der Waals surface area contributed by atoms with E-state index >= 15 is 0 Å². The molecule has 1 unspecified atom stereocenters. The highest BCUT2D eigenvalue weighted by molar-refractivity contribution is 6.35. The van der Waals surface area contributed by atoms with Crippen LogP contribution in [0.15, 0.2) is 18.2 Å². The Morgan fingerprint density at radius 2 is 1.85 bits per heavy atom. The van der Waals surface area contributed by atoms with Crippen molar-refractivity contribution >= 4 is 52.5 Å². The molecular formula is C29H38Cl3N5O3. The normalized spacial score (nSPS) is 26.6. The maximum Gasteiger partial charge on any atom is 0.309 e. The summed E-state index contributed by atoms with van der Waals surface area (Å²) in [4.78, 5) is 25.7. The number of halogens is 3. The van der Waals surface area contributed by atoms with Crippen LogP contribution in [-0.4, -0.2) is 63.3 Å². The van der Waals surface area contributed by atoms with Gasteiger partial charge in [-0.05, 0) is 89.5 Å². The number of hydrogen-bond donors (Lipinski definition) is 3. The SMILES string of the molecule is CC(Nc1nc(N2CC([C@H]3CCCN(C4CC(C)(C(=O)O)C4)C3)C2)nc(C(C)(C)O)c1Cl)c1ccc(Cl)cc1Cl. The number of aliphatic hydroxyl groups is 1. The largest absolute Gasteiger partial charge is 0.481 e. The second-order valence-electron chi connectivity index (χ2n) is 12.6. The van der Waals surface area contributed by atoms with E-state index in [-0.39, 0.29) is 11.1 Å². The van der Waals surface area contributed by atoms with Crippen LogP contribution in [0.2, 0.25) is 15.1 Å². The fourth-order valence-corrected chi connectivity index (χ4v) is 7.30. The van der Waals surface area contributed by atoms with Gasteiger partial charge in [0, 0.05) is 35.7 Å². The summed E-state index contributed by atoms with van der Waals surface area (Å²) in [6.07, 6.45) is 3.79. The Labute approximate surface area is 251 Å². The van der Waals surface area contributed by atoms with E-state index in [1.165, 1.54) is 6.42 Å². The Hall–Kier alpha value is -1.84. The molecule has 1 saturated carbocycles. The van der Waals surface area contributed by atoms with Crippen molar-refractivity contribution in [1.29, 1.82) is 0 Å². The van der Waals surface area contributed by atoms with Crippen LogP contribution in [0, 0.1) is 17.3 Å². The minimum atomic E-state index is -1.26. The van der Waals surface area contributed by atoms with Gasteiger partial charge in [-0.25, -0.2) is 4.98 Å². The standard InChI is InChI=1S/C29H38Cl3N5O3/c1-16(21-8-7-19(30)10-22(21)31)33-25-23(32)24(28(2,3)40)34-27(35-25)37-14-18(15-37)17-6-5-9-36(13-17)20-11-29(4,12-20)26(38)39/h7-8,10,16-18,20,40H,5-6,9,11-15H2,1-4H3,(H,38,39)(H,33,34,35)/t16?,17-,20?,29?/m0/s1. The van der Waals surface area contributed by atoms with Crippen molar-refractivity contribution in [2.24, 2.45) is 17.3 Å². The summed E-state index contributed by atoms with van der Waals surface area (Å²) < 4.78 is 0. The molecule has 1 aromatic heterocycles. The average Bonchev–Trinajstić information content (AvgIpc) is 2.82. The lowest BCUT2D eigenvalue weighted by molar-refractivity contribution is -0.158. The summed E-state index contributed by atoms with van der Waals surface area (Å²) in [5.74, 6) is 1.38. The van der Waals surface area contributed by atoms with E-state index in [9.17, 15) is 15.0 Å². The summed E-state index contributed by atoms with van der Waals surface area (Å²) in [6.45, 7) is 10.9. The van der Waals surface area contributed by atoms with Crippen molar-refractivity contribution in [2.75, 3.05) is 36.4 Å². The minimum absolute atomic E-state index is 0.216. The quantitative estimate of drug-likeness (QED) is 0.323. The Morgan fingerprint density at radius 3 is 2.48 bits per heavy atom. The number of carbonyl (C=O) groups is 1. The molecule has 3 heterocycles. The topological polar surface area (TPSA) is 102 Å². The summed E-state index contributed by atoms with van der Waals surface area (Å²) in [5.41, 5.74) is -0.604. The Morgan fingerprint density at radius 1 is 1.15 bits per heavy atom. The average molecular weight is 611 g/mol. The fraction of sp³-hybridized carbons (Fsp3) is 0.621. The lowest BCUT2D eigenvalue weighted by atomic mass is 9.65. The molecule has 0 spiro atoms. The molecule has 0 bridgehead atoms. The smallest absolute Gasteiger partial charge is 0.309 e. The molecule has 0 amide bonds. The van der Waals surface area contributed by atoms with Crippen LogP contribution in [0.1, 0.15) is 70.7 Å². The molecule has 1 aromatic carbocycles. The van der Waals surface area contributed by atoms with Gasteiger partial charge in [-0.1, -0.05) is 40.9 Å². The third-order valence-electron chi connectivity index (χ3n) is 8.95. The van der Waals surface area contributed by atoms with Gasteiger partial charge in [0.05, 0.1) is 17.2 Å². The second-order valence-corrected chi connectivity index (χ2v) is 13.8. The number of hydrogen-bond acceptors (Lipinski definition) is 7. The van der Waals surface area contributed by atoms with Crippen molar-refractivity contribution < 1.29 is 15.0 Å². The molecule has 11 heteroatoms. The van der Waals surface area contributed by atoms with Crippen molar-refractivity contribution in [3.05, 3.63) is 44.5 Å². The Bertz CT molecular complexity index is 1270. The molecule has 5 rings (SSSR count). The third-order valence-corrected chi connectivity index (χ3v) is 9.88. The molecule has 0 radical (unpaired) electrons. The van der Waals surface area contributed by atoms with E-state index in [1.54, 1.807) is 26.0 Å². The number of aliphatic carboxylic acids is 1. The number of carboxylic acids is 1. The van der Waals surface area contributed by atoms with Crippen molar-refractivity contribution in [3.8, 4) is 0 Å². The number of benzene rings is 1. The first kappa shape index (κ1) is 29.6. The number of anilines is 2. The number of nitrogens with zero attached hydrogens (tertiary/aromatic N) is 4. The van der Waals surface area contributed by atoms with Gasteiger partial charge < -0.3 is 25.3 Å². The van der Waals surface area contributed by atoms with E-state index in [0.29, 0.717) is 45.4 Å². The first-order valence-corrected chi connectivity index (χ1v) is 15.1. The molecule has 2 aromatic rings. The van der Waals surface area contributed by atoms with E-state index in [0.717, 1.165) is 51.0 Å². The number of rotatable bonds is 8. The van der Waals surface area contributed by atoms with Gasteiger partial charge in [0.15, 0.2) is 5.82 Å². The van der Waals surface area contributed by atoms with E-state index in [4.69, 9.17) is 44.8 Å². The van der Waals surface area contributed by atoms with E-state index < -0.39 is 17.0 Å². The van der Waals surface area contributed by atoms with Gasteiger partial charge in [-0.3, -0.25) is 4.79 Å². The number of nitrogens with one attached hydrogen (secondary N) is 1. The lowest BCUT2D eigenvalue weighted by Crippen LogP contribution is -2.58. The Kier molecular flexibility index (Phi) is 8.23. The van der Waals surface area contributed by atoms with Gasteiger partial charge >= 0.3 is 5.97 Å². The van der Waals surface area contributed by atoms with Crippen molar-refractivity contribution in [3.63, 3.8) is 0 Å². The molecular weight excluding hydrogens is 573 g/mol. The van der Waals surface area contributed by atoms with E-state index in [2.05, 4.69) is 15.1 Å². The van der Waals surface area contributed by atoms with Crippen LogP contribution in [0.5, 0.6) is 0 Å². The second kappa shape index (κ2) is 11.1. The Balaban J connectivity index is 1.28. The predicted octanol–water partition coefficient (Wildman–Crippen LogP) is 6.24. The summed E-state index contributed by atoms with van der Waals surface area (Å²) in [5, 5.41) is 25.1. The molecule has 3 aliphatic rings. The van der Waals surface area contributed by atoms with Gasteiger partial charge in [0.1, 0.15) is 10.6 Å². The highest BCUT2D eigenvalue weighted by Gasteiger charge is 2.49. The molecule has 8 nitrogen and oxygen atoms in total. The molecule has 2 aliphatic heterocycles. The van der Waals surface area contributed by atoms with Crippen molar-refractivity contribution in [1.82, 2.24) is 14.9 Å². The zero-order chi connectivity index (χ0) is 29.0. The minimum Gasteiger partial charge on any atom is -0.481 e. The van der Waals surface area contributed by atoms with Crippen LogP contribution in [-0.2, 0) is 10.4 Å². The van der Waals surface area contributed by atoms with Crippen LogP contribution < -0.4 is 10.2 Å². The highest BCUT2D eigenvalue weighted by atomic mass is 35.5. The molecule has 3 N–H and O–H groups in total. The van der Waals surface area contributed by atoms with Crippen molar-refractivity contribution in [2.45, 2.75) is 71.1 Å². The van der Waals surface area contributed by atoms with Crippen LogP contribution in [0.3, 0.4) is 0 Å². The number of carboxylic acid groups (broad SMARTS) is 1. The fourth-order valence-electron chi connectivity index (χ4n) is 6.36. The molecule has 218 valence electrons. The molecule has 2 saturated heterocycles. The van der Waals surface area contributed by atoms with Crippen LogP contribution in [0.25, 0.3) is 0 Å². The molecule has 2 atom stereocenters. The van der Waals surface area contributed by atoms with Gasteiger partial charge in [-0.15, -0.1) is 0 Å². The highest BCUT2D eigenvalue weighted by Crippen LogP contribution is 2.45. The number of piperidine rings is 1. The molecule has 3 fully saturated rings. The third kappa shape index (κ3) is 5.88. The van der Waals surface area contributed by atoms with Gasteiger partial charge in [-0.2, -0.15) is 4.98 Å². The molecule has 1 aliphatic carbocycles. The lowest BCUT2D eigenvalue weighted by Gasteiger charge is -2.52. The van der Waals surface area contributed by atoms with Gasteiger partial charge in [0.2, 0.25) is 5.95 Å². The first-order valence-electron chi connectivity index (χ1n) is 14.0. The monoisotopic (exact) mass is 609 g/mol. The van der Waals surface area contributed by atoms with Crippen LogP contribution in [0.4, 0.5) is 11.8 Å². The summed E-state index contributed by atoms with van der Waals surface area (Å²) in [7, 11) is 0. The zero-order valence-electron chi connectivity index (χ0n) is 23.4. The van der Waals surface area contributed by atoms with E-state index in [1.807, 2.05) is 19.9 Å². The predicted molar refractivity (Wildman–Crippen MR) is 160 cm³/mol. The zero-order valence-corrected chi connectivity index (χ0v) is 25.7. The summed E-state index contributed by atoms with van der Waals surface area (Å²) >= 11 is 19.2. The maximum absolute atomic E-state index is 11.5. The summed E-state index contributed by atoms with van der Waals surface area (Å²) in [6, 6.07) is 5.52. The van der Waals surface area contributed by atoms with Gasteiger partial charge in [0.25, 0.3) is 0 Å². The maximum atomic E-state index is 11.5. The number of aromatic nitrogens is 2. The number of likely N-dealkylation sites (tertiary alicyclic amines) is 1.